The Labute approximate surface area is 134 Å². The van der Waals surface area contributed by atoms with Crippen LogP contribution in [0.3, 0.4) is 0 Å². The summed E-state index contributed by atoms with van der Waals surface area (Å²) in [6, 6.07) is 1.76. The molecule has 8 heteroatoms. The molecule has 23 heavy (non-hydrogen) atoms. The van der Waals surface area contributed by atoms with Gasteiger partial charge in [-0.2, -0.15) is 5.10 Å². The van der Waals surface area contributed by atoms with Crippen LogP contribution in [-0.4, -0.2) is 49.4 Å². The standard InChI is InChI=1S/C15H22N6O2/c1-11-7-14(19-23-11)18-15(22)12(2)21-6-4-3-5-13(21)8-20-10-16-9-17-20/h7,9-10,12-13H,3-6,8H2,1-2H3,(H,18,19,22)/t12-,13-/m1/s1. The van der Waals surface area contributed by atoms with E-state index in [9.17, 15) is 4.79 Å². The molecule has 8 nitrogen and oxygen atoms in total. The summed E-state index contributed by atoms with van der Waals surface area (Å²) in [6.45, 7) is 5.39. The number of aryl methyl sites for hydroxylation is 1. The Bertz CT molecular complexity index is 638. The molecular weight excluding hydrogens is 296 g/mol. The highest BCUT2D eigenvalue weighted by Crippen LogP contribution is 2.21. The summed E-state index contributed by atoms with van der Waals surface area (Å²) in [5.41, 5.74) is 0. The summed E-state index contributed by atoms with van der Waals surface area (Å²) in [5.74, 6) is 1.07. The van der Waals surface area contributed by atoms with Crippen LogP contribution in [0.4, 0.5) is 5.82 Å². The van der Waals surface area contributed by atoms with Crippen LogP contribution in [-0.2, 0) is 11.3 Å². The Morgan fingerprint density at radius 3 is 3.09 bits per heavy atom. The van der Waals surface area contributed by atoms with Crippen LogP contribution in [0.2, 0.25) is 0 Å². The van der Waals surface area contributed by atoms with Crippen LogP contribution in [0.1, 0.15) is 31.9 Å². The molecule has 0 bridgehead atoms. The van der Waals surface area contributed by atoms with Crippen LogP contribution < -0.4 is 5.32 Å². The number of aromatic nitrogens is 4. The van der Waals surface area contributed by atoms with Crippen molar-refractivity contribution in [1.82, 2.24) is 24.8 Å². The summed E-state index contributed by atoms with van der Waals surface area (Å²) in [7, 11) is 0. The van der Waals surface area contributed by atoms with Crippen molar-refractivity contribution in [3.63, 3.8) is 0 Å². The van der Waals surface area contributed by atoms with E-state index in [1.807, 2.05) is 11.6 Å². The van der Waals surface area contributed by atoms with Gasteiger partial charge in [0.1, 0.15) is 18.4 Å². The second-order valence-electron chi connectivity index (χ2n) is 5.99. The van der Waals surface area contributed by atoms with E-state index in [-0.39, 0.29) is 18.0 Å². The third-order valence-corrected chi connectivity index (χ3v) is 4.29. The zero-order valence-electron chi connectivity index (χ0n) is 13.5. The van der Waals surface area contributed by atoms with E-state index >= 15 is 0 Å². The minimum absolute atomic E-state index is 0.0659. The van der Waals surface area contributed by atoms with E-state index in [0.717, 1.165) is 25.9 Å². The quantitative estimate of drug-likeness (QED) is 0.897. The van der Waals surface area contributed by atoms with Gasteiger partial charge in [0, 0.05) is 12.1 Å². The zero-order valence-corrected chi connectivity index (χ0v) is 13.5. The van der Waals surface area contributed by atoms with Crippen molar-refractivity contribution in [2.24, 2.45) is 0 Å². The van der Waals surface area contributed by atoms with E-state index in [2.05, 4.69) is 25.5 Å². The highest BCUT2D eigenvalue weighted by atomic mass is 16.5. The molecule has 124 valence electrons. The monoisotopic (exact) mass is 318 g/mol. The van der Waals surface area contributed by atoms with Crippen molar-refractivity contribution >= 4 is 11.7 Å². The number of nitrogens with zero attached hydrogens (tertiary/aromatic N) is 5. The molecule has 0 saturated carbocycles. The summed E-state index contributed by atoms with van der Waals surface area (Å²) >= 11 is 0. The van der Waals surface area contributed by atoms with Gasteiger partial charge in [0.15, 0.2) is 5.82 Å². The Morgan fingerprint density at radius 2 is 2.39 bits per heavy atom. The van der Waals surface area contributed by atoms with Gasteiger partial charge in [0.05, 0.1) is 12.6 Å². The highest BCUT2D eigenvalue weighted by Gasteiger charge is 2.31. The van der Waals surface area contributed by atoms with Gasteiger partial charge in [-0.3, -0.25) is 14.4 Å². The first-order valence-electron chi connectivity index (χ1n) is 7.96. The number of piperidine rings is 1. The molecule has 0 unspecified atom stereocenters. The van der Waals surface area contributed by atoms with Crippen LogP contribution in [0, 0.1) is 6.92 Å². The smallest absolute Gasteiger partial charge is 0.242 e. The van der Waals surface area contributed by atoms with Gasteiger partial charge in [0.25, 0.3) is 0 Å². The summed E-state index contributed by atoms with van der Waals surface area (Å²) in [6.07, 6.45) is 6.59. The van der Waals surface area contributed by atoms with Crippen LogP contribution in [0.5, 0.6) is 0 Å². The van der Waals surface area contributed by atoms with E-state index in [1.54, 1.807) is 19.3 Å². The topological polar surface area (TPSA) is 89.1 Å². The number of likely N-dealkylation sites (tertiary alicyclic amines) is 1. The lowest BCUT2D eigenvalue weighted by molar-refractivity contribution is -0.122. The SMILES string of the molecule is Cc1cc(NC(=O)[C@@H](C)N2CCCC[C@@H]2Cn2cncn2)no1. The number of hydrogen-bond donors (Lipinski definition) is 1. The van der Waals surface area contributed by atoms with E-state index in [4.69, 9.17) is 4.52 Å². The molecule has 3 rings (SSSR count). The maximum atomic E-state index is 12.5. The molecule has 1 N–H and O–H groups in total. The second-order valence-corrected chi connectivity index (χ2v) is 5.99. The molecular formula is C15H22N6O2. The van der Waals surface area contributed by atoms with Gasteiger partial charge in [-0.1, -0.05) is 11.6 Å². The molecule has 0 aromatic carbocycles. The lowest BCUT2D eigenvalue weighted by Gasteiger charge is -2.38. The van der Waals surface area contributed by atoms with Crippen molar-refractivity contribution in [3.05, 3.63) is 24.5 Å². The summed E-state index contributed by atoms with van der Waals surface area (Å²) < 4.78 is 6.81. The third-order valence-electron chi connectivity index (χ3n) is 4.29. The van der Waals surface area contributed by atoms with Gasteiger partial charge in [-0.15, -0.1) is 0 Å². The number of rotatable bonds is 5. The number of carbonyl (C=O) groups excluding carboxylic acids is 1. The van der Waals surface area contributed by atoms with Crippen LogP contribution >= 0.6 is 0 Å². The number of anilines is 1. The van der Waals surface area contributed by atoms with E-state index < -0.39 is 0 Å². The van der Waals surface area contributed by atoms with Crippen molar-refractivity contribution in [1.29, 1.82) is 0 Å². The summed E-state index contributed by atoms with van der Waals surface area (Å²) in [4.78, 5) is 18.7. The van der Waals surface area contributed by atoms with Gasteiger partial charge < -0.3 is 9.84 Å². The van der Waals surface area contributed by atoms with Gasteiger partial charge >= 0.3 is 0 Å². The fourth-order valence-corrected chi connectivity index (χ4v) is 3.08. The van der Waals surface area contributed by atoms with Crippen LogP contribution in [0.25, 0.3) is 0 Å². The minimum atomic E-state index is -0.235. The van der Waals surface area contributed by atoms with E-state index in [1.165, 1.54) is 12.7 Å². The largest absolute Gasteiger partial charge is 0.360 e. The van der Waals surface area contributed by atoms with Crippen molar-refractivity contribution in [2.75, 3.05) is 11.9 Å². The molecule has 2 aromatic heterocycles. The lowest BCUT2D eigenvalue weighted by atomic mass is 9.99. The van der Waals surface area contributed by atoms with E-state index in [0.29, 0.717) is 11.6 Å². The Kier molecular flexibility index (Phi) is 4.71. The summed E-state index contributed by atoms with van der Waals surface area (Å²) in [5, 5.41) is 10.8. The molecule has 0 radical (unpaired) electrons. The number of carbonyl (C=O) groups is 1. The Balaban J connectivity index is 1.65. The molecule has 1 aliphatic heterocycles. The maximum Gasteiger partial charge on any atom is 0.242 e. The van der Waals surface area contributed by atoms with Crippen molar-refractivity contribution in [3.8, 4) is 0 Å². The molecule has 1 saturated heterocycles. The predicted molar refractivity (Wildman–Crippen MR) is 83.7 cm³/mol. The normalized spacial score (nSPS) is 20.3. The molecule has 2 aromatic rings. The predicted octanol–water partition coefficient (Wildman–Crippen LogP) is 1.46. The van der Waals surface area contributed by atoms with Crippen LogP contribution in [0.15, 0.2) is 23.2 Å². The fourth-order valence-electron chi connectivity index (χ4n) is 3.08. The fraction of sp³-hybridized carbons (Fsp3) is 0.600. The number of nitrogens with one attached hydrogen (secondary N) is 1. The zero-order chi connectivity index (χ0) is 16.2. The molecule has 3 heterocycles. The number of amides is 1. The first-order valence-corrected chi connectivity index (χ1v) is 7.96. The third kappa shape index (κ3) is 3.76. The average Bonchev–Trinajstić information content (AvgIpc) is 3.19. The molecule has 1 amide bonds. The lowest BCUT2D eigenvalue weighted by Crippen LogP contribution is -2.51. The van der Waals surface area contributed by atoms with Crippen molar-refractivity contribution < 1.29 is 9.32 Å². The van der Waals surface area contributed by atoms with Gasteiger partial charge in [-0.05, 0) is 33.2 Å². The van der Waals surface area contributed by atoms with Gasteiger partial charge in [0.2, 0.25) is 5.91 Å². The van der Waals surface area contributed by atoms with Gasteiger partial charge in [-0.25, -0.2) is 4.98 Å². The molecule has 1 fully saturated rings. The Morgan fingerprint density at radius 1 is 1.52 bits per heavy atom. The molecule has 0 spiro atoms. The molecule has 2 atom stereocenters. The average molecular weight is 318 g/mol. The maximum absolute atomic E-state index is 12.5. The highest BCUT2D eigenvalue weighted by molar-refractivity contribution is 5.93. The second kappa shape index (κ2) is 6.91. The Hall–Kier alpha value is -2.22. The first kappa shape index (κ1) is 15.7. The minimum Gasteiger partial charge on any atom is -0.360 e. The molecule has 0 aliphatic carbocycles. The molecule has 1 aliphatic rings. The first-order chi connectivity index (χ1) is 11.1. The number of hydrogen-bond acceptors (Lipinski definition) is 6. The van der Waals surface area contributed by atoms with Crippen molar-refractivity contribution in [2.45, 2.75) is 51.7 Å².